The van der Waals surface area contributed by atoms with Crippen LogP contribution in [0.4, 0.5) is 0 Å². The molecule has 8 nitrogen and oxygen atoms in total. The van der Waals surface area contributed by atoms with E-state index in [9.17, 15) is 14.4 Å². The molecule has 9 heteroatoms. The minimum atomic E-state index is -0.730. The molecule has 0 aliphatic rings. The predicted molar refractivity (Wildman–Crippen MR) is 98.7 cm³/mol. The van der Waals surface area contributed by atoms with Crippen LogP contribution in [0.15, 0.2) is 35.5 Å². The van der Waals surface area contributed by atoms with Gasteiger partial charge in [-0.3, -0.25) is 19.7 Å². The van der Waals surface area contributed by atoms with E-state index in [1.807, 2.05) is 19.9 Å². The van der Waals surface area contributed by atoms with Gasteiger partial charge in [-0.05, 0) is 32.0 Å². The van der Waals surface area contributed by atoms with Gasteiger partial charge in [0.25, 0.3) is 11.8 Å². The number of ether oxygens (including phenoxy) is 2. The lowest BCUT2D eigenvalue weighted by Gasteiger charge is -2.08. The van der Waals surface area contributed by atoms with Crippen molar-refractivity contribution in [2.24, 2.45) is 0 Å². The van der Waals surface area contributed by atoms with Crippen LogP contribution in [-0.2, 0) is 14.3 Å². The van der Waals surface area contributed by atoms with Crippen LogP contribution >= 0.6 is 11.8 Å². The Morgan fingerprint density at radius 3 is 2.44 bits per heavy atom. The molecule has 1 N–H and O–H groups in total. The summed E-state index contributed by atoms with van der Waals surface area (Å²) in [7, 11) is 1.42. The molecule has 0 radical (unpaired) electrons. The number of nitrogens with one attached hydrogen (secondary N) is 1. The van der Waals surface area contributed by atoms with Crippen molar-refractivity contribution in [3.8, 4) is 5.75 Å². The van der Waals surface area contributed by atoms with E-state index in [1.54, 1.807) is 18.2 Å². The monoisotopic (exact) mass is 389 g/mol. The van der Waals surface area contributed by atoms with Crippen molar-refractivity contribution in [2.45, 2.75) is 19.0 Å². The van der Waals surface area contributed by atoms with Gasteiger partial charge in [0.2, 0.25) is 0 Å². The molecule has 142 valence electrons. The molecule has 0 bridgehead atoms. The largest absolute Gasteiger partial charge is 0.496 e. The summed E-state index contributed by atoms with van der Waals surface area (Å²) in [5, 5.41) is 2.61. The fourth-order valence-electron chi connectivity index (χ4n) is 2.13. The molecule has 1 aromatic carbocycles. The summed E-state index contributed by atoms with van der Waals surface area (Å²) in [5.41, 5.74) is 1.81. The van der Waals surface area contributed by atoms with Crippen LogP contribution < -0.4 is 10.1 Å². The van der Waals surface area contributed by atoms with Crippen molar-refractivity contribution < 1.29 is 23.9 Å². The molecule has 0 unspecified atom stereocenters. The van der Waals surface area contributed by atoms with Crippen LogP contribution in [0.5, 0.6) is 5.75 Å². The van der Waals surface area contributed by atoms with Gasteiger partial charge in [0.1, 0.15) is 5.75 Å². The number of para-hydroxylation sites is 1. The van der Waals surface area contributed by atoms with Gasteiger partial charge in [-0.2, -0.15) is 0 Å². The second-order valence-electron chi connectivity index (χ2n) is 5.46. The number of benzene rings is 1. The minimum absolute atomic E-state index is 0.0450. The Labute approximate surface area is 160 Å². The number of methoxy groups -OCH3 is 1. The lowest BCUT2D eigenvalue weighted by atomic mass is 10.2. The van der Waals surface area contributed by atoms with Crippen LogP contribution in [0, 0.1) is 13.8 Å². The molecule has 0 spiro atoms. The number of aryl methyl sites for hydroxylation is 2. The molecule has 27 heavy (non-hydrogen) atoms. The number of carbonyl (C=O) groups excluding carboxylic acids is 3. The fourth-order valence-corrected chi connectivity index (χ4v) is 2.88. The first-order chi connectivity index (χ1) is 12.9. The second kappa shape index (κ2) is 9.67. The van der Waals surface area contributed by atoms with Gasteiger partial charge in [0.05, 0.1) is 18.4 Å². The van der Waals surface area contributed by atoms with Crippen LogP contribution in [-0.4, -0.2) is 47.2 Å². The zero-order valence-electron chi connectivity index (χ0n) is 15.1. The van der Waals surface area contributed by atoms with Gasteiger partial charge in [-0.1, -0.05) is 23.9 Å². The number of imide groups is 1. The molecule has 0 aliphatic heterocycles. The first-order valence-electron chi connectivity index (χ1n) is 7.97. The van der Waals surface area contributed by atoms with E-state index in [2.05, 4.69) is 15.3 Å². The third-order valence-electron chi connectivity index (χ3n) is 3.25. The molecule has 0 saturated heterocycles. The maximum absolute atomic E-state index is 12.1. The topological polar surface area (TPSA) is 107 Å². The molecular weight excluding hydrogens is 370 g/mol. The highest BCUT2D eigenvalue weighted by Crippen LogP contribution is 2.17. The van der Waals surface area contributed by atoms with Gasteiger partial charge in [-0.25, -0.2) is 9.97 Å². The smallest absolute Gasteiger partial charge is 0.316 e. The molecule has 2 rings (SSSR count). The molecule has 0 atom stereocenters. The summed E-state index contributed by atoms with van der Waals surface area (Å²) in [5.74, 6) is -1.68. The van der Waals surface area contributed by atoms with Crippen molar-refractivity contribution in [3.63, 3.8) is 0 Å². The second-order valence-corrected chi connectivity index (χ2v) is 6.40. The number of thioether (sulfide) groups is 1. The zero-order chi connectivity index (χ0) is 19.8. The van der Waals surface area contributed by atoms with Crippen LogP contribution in [0.2, 0.25) is 0 Å². The number of nitrogens with zero attached hydrogens (tertiary/aromatic N) is 2. The number of hydrogen-bond donors (Lipinski definition) is 1. The van der Waals surface area contributed by atoms with Gasteiger partial charge < -0.3 is 9.47 Å². The van der Waals surface area contributed by atoms with Crippen molar-refractivity contribution in [2.75, 3.05) is 19.5 Å². The van der Waals surface area contributed by atoms with Gasteiger partial charge in [0, 0.05) is 11.4 Å². The van der Waals surface area contributed by atoms with Crippen LogP contribution in [0.3, 0.4) is 0 Å². The number of carbonyl (C=O) groups is 3. The van der Waals surface area contributed by atoms with Gasteiger partial charge in [-0.15, -0.1) is 0 Å². The van der Waals surface area contributed by atoms with Crippen LogP contribution in [0.25, 0.3) is 0 Å². The standard InChI is InChI=1S/C18H19N3O5S/c1-11-8-12(2)20-18(19-11)27-10-16(23)26-9-15(22)21-17(24)13-6-4-5-7-14(13)25-3/h4-8H,9-10H2,1-3H3,(H,21,22,24). The molecule has 2 aromatic rings. The Kier molecular flexibility index (Phi) is 7.30. The average Bonchev–Trinajstić information content (AvgIpc) is 2.63. The van der Waals surface area contributed by atoms with Crippen LogP contribution in [0.1, 0.15) is 21.7 Å². The van der Waals surface area contributed by atoms with E-state index in [1.165, 1.54) is 13.2 Å². The Morgan fingerprint density at radius 2 is 1.78 bits per heavy atom. The Hall–Kier alpha value is -2.94. The Balaban J connectivity index is 1.79. The van der Waals surface area contributed by atoms with Crippen molar-refractivity contribution in [1.82, 2.24) is 15.3 Å². The Morgan fingerprint density at radius 1 is 1.11 bits per heavy atom. The molecule has 0 aliphatic carbocycles. The molecule has 1 aromatic heterocycles. The number of rotatable bonds is 7. The quantitative estimate of drug-likeness (QED) is 0.433. The van der Waals surface area contributed by atoms with E-state index in [0.717, 1.165) is 23.1 Å². The summed E-state index contributed by atoms with van der Waals surface area (Å²) < 4.78 is 9.93. The maximum atomic E-state index is 12.1. The lowest BCUT2D eigenvalue weighted by Crippen LogP contribution is -2.34. The third-order valence-corrected chi connectivity index (χ3v) is 4.07. The van der Waals surface area contributed by atoms with Crippen molar-refractivity contribution >= 4 is 29.5 Å². The highest BCUT2D eigenvalue weighted by molar-refractivity contribution is 7.99. The third kappa shape index (κ3) is 6.37. The average molecular weight is 389 g/mol. The van der Waals surface area contributed by atoms with E-state index < -0.39 is 24.4 Å². The highest BCUT2D eigenvalue weighted by Gasteiger charge is 2.16. The molecule has 0 fully saturated rings. The molecular formula is C18H19N3O5S. The summed E-state index contributed by atoms with van der Waals surface area (Å²) in [4.78, 5) is 44.1. The number of esters is 1. The van der Waals surface area contributed by atoms with E-state index in [-0.39, 0.29) is 11.3 Å². The summed E-state index contributed by atoms with van der Waals surface area (Å²) >= 11 is 1.11. The SMILES string of the molecule is COc1ccccc1C(=O)NC(=O)COC(=O)CSc1nc(C)cc(C)n1. The van der Waals surface area contributed by atoms with Gasteiger partial charge >= 0.3 is 5.97 Å². The molecule has 0 saturated carbocycles. The lowest BCUT2D eigenvalue weighted by molar-refractivity contribution is -0.145. The molecule has 2 amide bonds. The molecule has 1 heterocycles. The normalized spacial score (nSPS) is 10.2. The summed E-state index contributed by atoms with van der Waals surface area (Å²) in [6, 6.07) is 8.30. The van der Waals surface area contributed by atoms with Gasteiger partial charge in [0.15, 0.2) is 11.8 Å². The minimum Gasteiger partial charge on any atom is -0.496 e. The summed E-state index contributed by atoms with van der Waals surface area (Å²) in [6.45, 7) is 3.11. The van der Waals surface area contributed by atoms with E-state index in [0.29, 0.717) is 10.9 Å². The number of amides is 2. The first kappa shape index (κ1) is 20.4. The first-order valence-corrected chi connectivity index (χ1v) is 8.95. The van der Waals surface area contributed by atoms with Crippen molar-refractivity contribution in [3.05, 3.63) is 47.3 Å². The van der Waals surface area contributed by atoms with Crippen molar-refractivity contribution in [1.29, 1.82) is 0 Å². The number of hydrogen-bond acceptors (Lipinski definition) is 8. The summed E-state index contributed by atoms with van der Waals surface area (Å²) in [6.07, 6.45) is 0. The van der Waals surface area contributed by atoms with E-state index >= 15 is 0 Å². The predicted octanol–water partition coefficient (Wildman–Crippen LogP) is 1.69. The highest BCUT2D eigenvalue weighted by atomic mass is 32.2. The number of aromatic nitrogens is 2. The Bertz CT molecular complexity index is 836. The fraction of sp³-hybridized carbons (Fsp3) is 0.278. The maximum Gasteiger partial charge on any atom is 0.316 e. The van der Waals surface area contributed by atoms with E-state index in [4.69, 9.17) is 9.47 Å². The zero-order valence-corrected chi connectivity index (χ0v) is 16.0.